The van der Waals surface area contributed by atoms with Crippen LogP contribution < -0.4 is 4.74 Å². The van der Waals surface area contributed by atoms with Crippen LogP contribution in [0.5, 0.6) is 5.75 Å². The number of carbonyl (C=O) groups excluding carboxylic acids is 1. The number of nitriles is 1. The highest BCUT2D eigenvalue weighted by molar-refractivity contribution is 7.21. The number of hydrogen-bond donors (Lipinski definition) is 1. The van der Waals surface area contributed by atoms with Crippen molar-refractivity contribution in [3.05, 3.63) is 28.6 Å². The molecule has 0 spiro atoms. The van der Waals surface area contributed by atoms with Crippen molar-refractivity contribution in [2.24, 2.45) is 0 Å². The molecule has 0 atom stereocenters. The molecule has 1 saturated heterocycles. The van der Waals surface area contributed by atoms with Gasteiger partial charge in [-0.1, -0.05) is 0 Å². The molecular formula is C20H22N2O5S. The van der Waals surface area contributed by atoms with Gasteiger partial charge >= 0.3 is 12.1 Å². The van der Waals surface area contributed by atoms with Gasteiger partial charge in [-0.2, -0.15) is 5.26 Å². The number of carbonyl (C=O) groups is 2. The van der Waals surface area contributed by atoms with Crippen LogP contribution in [0.1, 0.15) is 48.8 Å². The highest BCUT2D eigenvalue weighted by Crippen LogP contribution is 2.39. The molecule has 2 heterocycles. The fourth-order valence-electron chi connectivity index (χ4n) is 3.05. The van der Waals surface area contributed by atoms with Crippen molar-refractivity contribution in [2.45, 2.75) is 45.3 Å². The molecule has 3 rings (SSSR count). The number of rotatable bonds is 3. The lowest BCUT2D eigenvalue weighted by molar-refractivity contribution is 0.0127. The molecule has 1 aliphatic heterocycles. The largest absolute Gasteiger partial charge is 0.488 e. The van der Waals surface area contributed by atoms with E-state index in [2.05, 4.69) is 6.07 Å². The minimum Gasteiger partial charge on any atom is -0.488 e. The average molecular weight is 402 g/mol. The Labute approximate surface area is 167 Å². The highest BCUT2D eigenvalue weighted by Gasteiger charge is 2.29. The van der Waals surface area contributed by atoms with Gasteiger partial charge in [-0.25, -0.2) is 9.59 Å². The number of nitrogens with zero attached hydrogens (tertiary/aromatic N) is 2. The Balaban J connectivity index is 1.75. The Morgan fingerprint density at radius 3 is 2.54 bits per heavy atom. The zero-order chi connectivity index (χ0) is 20.5. The molecule has 0 radical (unpaired) electrons. The van der Waals surface area contributed by atoms with Crippen molar-refractivity contribution in [1.82, 2.24) is 4.90 Å². The Kier molecular flexibility index (Phi) is 5.47. The zero-order valence-electron chi connectivity index (χ0n) is 16.0. The predicted octanol–water partition coefficient (Wildman–Crippen LogP) is 4.25. The number of likely N-dealkylation sites (tertiary alicyclic amines) is 1. The SMILES string of the molecule is CC(C)(C)OC(=O)N1CCC(Oc2c(C(=O)O)sc3ccc(C#N)cc23)CC1. The van der Waals surface area contributed by atoms with Crippen molar-refractivity contribution < 1.29 is 24.2 Å². The van der Waals surface area contributed by atoms with Crippen LogP contribution in [-0.4, -0.2) is 46.9 Å². The van der Waals surface area contributed by atoms with Gasteiger partial charge in [-0.05, 0) is 39.0 Å². The smallest absolute Gasteiger partial charge is 0.410 e. The van der Waals surface area contributed by atoms with Gasteiger partial charge in [0.05, 0.1) is 11.6 Å². The maximum Gasteiger partial charge on any atom is 0.410 e. The number of carboxylic acids is 1. The van der Waals surface area contributed by atoms with E-state index in [1.807, 2.05) is 20.8 Å². The summed E-state index contributed by atoms with van der Waals surface area (Å²) in [5.41, 5.74) is -0.0960. The third-order valence-corrected chi connectivity index (χ3v) is 5.48. The number of piperidine rings is 1. The van der Waals surface area contributed by atoms with Gasteiger partial charge in [0.15, 0.2) is 10.6 Å². The van der Waals surface area contributed by atoms with E-state index in [0.29, 0.717) is 42.6 Å². The van der Waals surface area contributed by atoms with E-state index in [1.54, 1.807) is 23.1 Å². The summed E-state index contributed by atoms with van der Waals surface area (Å²) in [7, 11) is 0. The summed E-state index contributed by atoms with van der Waals surface area (Å²) in [4.78, 5) is 25.6. The van der Waals surface area contributed by atoms with E-state index in [1.165, 1.54) is 0 Å². The van der Waals surface area contributed by atoms with Crippen LogP contribution in [0.25, 0.3) is 10.1 Å². The van der Waals surface area contributed by atoms with Crippen LogP contribution in [0.4, 0.5) is 4.79 Å². The lowest BCUT2D eigenvalue weighted by Crippen LogP contribution is -2.44. The minimum absolute atomic E-state index is 0.125. The van der Waals surface area contributed by atoms with Gasteiger partial charge in [0.1, 0.15) is 11.7 Å². The fourth-order valence-corrected chi connectivity index (χ4v) is 4.01. The van der Waals surface area contributed by atoms with Gasteiger partial charge < -0.3 is 19.5 Å². The number of hydrogen-bond acceptors (Lipinski definition) is 6. The normalized spacial score (nSPS) is 15.3. The van der Waals surface area contributed by atoms with Crippen molar-refractivity contribution >= 4 is 33.5 Å². The topological polar surface area (TPSA) is 99.9 Å². The van der Waals surface area contributed by atoms with E-state index in [9.17, 15) is 14.7 Å². The summed E-state index contributed by atoms with van der Waals surface area (Å²) in [6, 6.07) is 7.12. The molecule has 1 aromatic heterocycles. The monoisotopic (exact) mass is 402 g/mol. The molecule has 1 amide bonds. The van der Waals surface area contributed by atoms with Gasteiger partial charge in [0.25, 0.3) is 0 Å². The number of fused-ring (bicyclic) bond motifs is 1. The van der Waals surface area contributed by atoms with Crippen molar-refractivity contribution in [3.63, 3.8) is 0 Å². The van der Waals surface area contributed by atoms with Gasteiger partial charge in [0, 0.05) is 36.0 Å². The summed E-state index contributed by atoms with van der Waals surface area (Å²) in [6.45, 7) is 6.43. The fraction of sp³-hybridized carbons (Fsp3) is 0.450. The zero-order valence-corrected chi connectivity index (χ0v) is 16.8. The van der Waals surface area contributed by atoms with Crippen molar-refractivity contribution in [1.29, 1.82) is 5.26 Å². The van der Waals surface area contributed by atoms with E-state index in [0.717, 1.165) is 16.0 Å². The molecule has 1 aliphatic rings. The Morgan fingerprint density at radius 2 is 1.96 bits per heavy atom. The van der Waals surface area contributed by atoms with E-state index in [-0.39, 0.29) is 17.1 Å². The van der Waals surface area contributed by atoms with Gasteiger partial charge in [-0.15, -0.1) is 11.3 Å². The molecule has 0 bridgehead atoms. The first-order valence-corrected chi connectivity index (χ1v) is 9.84. The standard InChI is InChI=1S/C20H22N2O5S/c1-20(2,3)27-19(25)22-8-6-13(7-9-22)26-16-14-10-12(11-21)4-5-15(14)28-17(16)18(23)24/h4-5,10,13H,6-9H2,1-3H3,(H,23,24). The molecule has 7 nitrogen and oxygen atoms in total. The molecule has 2 aromatic rings. The molecule has 8 heteroatoms. The molecule has 148 valence electrons. The van der Waals surface area contributed by atoms with Crippen molar-refractivity contribution in [2.75, 3.05) is 13.1 Å². The summed E-state index contributed by atoms with van der Waals surface area (Å²) in [5, 5.41) is 19.3. The lowest BCUT2D eigenvalue weighted by atomic mass is 10.1. The number of ether oxygens (including phenoxy) is 2. The number of amides is 1. The molecule has 1 fully saturated rings. The third-order valence-electron chi connectivity index (χ3n) is 4.34. The molecule has 1 aromatic carbocycles. The molecule has 28 heavy (non-hydrogen) atoms. The van der Waals surface area contributed by atoms with Gasteiger partial charge in [-0.3, -0.25) is 0 Å². The number of carboxylic acid groups (broad SMARTS) is 1. The maximum atomic E-state index is 12.2. The Bertz CT molecular complexity index is 946. The van der Waals surface area contributed by atoms with Crippen LogP contribution in [-0.2, 0) is 4.74 Å². The van der Waals surface area contributed by atoms with Gasteiger partial charge in [0.2, 0.25) is 0 Å². The third kappa shape index (κ3) is 4.37. The average Bonchev–Trinajstić information content (AvgIpc) is 2.99. The molecular weight excluding hydrogens is 380 g/mol. The first-order chi connectivity index (χ1) is 13.2. The summed E-state index contributed by atoms with van der Waals surface area (Å²) >= 11 is 1.13. The second-order valence-electron chi connectivity index (χ2n) is 7.67. The Morgan fingerprint density at radius 1 is 1.29 bits per heavy atom. The van der Waals surface area contributed by atoms with Crippen molar-refractivity contribution in [3.8, 4) is 11.8 Å². The van der Waals surface area contributed by atoms with Crippen LogP contribution in [0.3, 0.4) is 0 Å². The first kappa shape index (κ1) is 20.0. The van der Waals surface area contributed by atoms with E-state index in [4.69, 9.17) is 14.7 Å². The molecule has 0 aliphatic carbocycles. The summed E-state index contributed by atoms with van der Waals surface area (Å²) in [6.07, 6.45) is 0.596. The van der Waals surface area contributed by atoms with E-state index >= 15 is 0 Å². The number of thiophene rings is 1. The molecule has 0 unspecified atom stereocenters. The number of benzene rings is 1. The highest BCUT2D eigenvalue weighted by atomic mass is 32.1. The first-order valence-electron chi connectivity index (χ1n) is 9.02. The summed E-state index contributed by atoms with van der Waals surface area (Å²) in [5.74, 6) is -0.749. The van der Waals surface area contributed by atoms with Crippen LogP contribution in [0, 0.1) is 11.3 Å². The van der Waals surface area contributed by atoms with Crippen LogP contribution >= 0.6 is 11.3 Å². The summed E-state index contributed by atoms with van der Waals surface area (Å²) < 4.78 is 12.2. The minimum atomic E-state index is -1.05. The van der Waals surface area contributed by atoms with Crippen LogP contribution in [0.2, 0.25) is 0 Å². The molecule has 1 N–H and O–H groups in total. The number of aromatic carboxylic acids is 1. The lowest BCUT2D eigenvalue weighted by Gasteiger charge is -2.33. The second kappa shape index (κ2) is 7.68. The van der Waals surface area contributed by atoms with Crippen LogP contribution in [0.15, 0.2) is 18.2 Å². The second-order valence-corrected chi connectivity index (χ2v) is 8.73. The molecule has 0 saturated carbocycles. The Hall–Kier alpha value is -2.79. The maximum absolute atomic E-state index is 12.2. The predicted molar refractivity (Wildman–Crippen MR) is 105 cm³/mol. The quantitative estimate of drug-likeness (QED) is 0.824. The van der Waals surface area contributed by atoms with E-state index < -0.39 is 11.6 Å².